The molecule has 3 heterocycles. The first-order valence-corrected chi connectivity index (χ1v) is 10.2. The van der Waals surface area contributed by atoms with E-state index >= 15 is 0 Å². The summed E-state index contributed by atoms with van der Waals surface area (Å²) in [4.78, 5) is 16.8. The molecule has 27 heavy (non-hydrogen) atoms. The van der Waals surface area contributed by atoms with Crippen LogP contribution in [0.25, 0.3) is 11.3 Å². The number of hydrogen-bond acceptors (Lipinski definition) is 6. The van der Waals surface area contributed by atoms with Crippen LogP contribution in [0.1, 0.15) is 6.42 Å². The minimum Gasteiger partial charge on any atom is -0.465 e. The highest BCUT2D eigenvalue weighted by Gasteiger charge is 2.44. The zero-order valence-electron chi connectivity index (χ0n) is 14.7. The van der Waals surface area contributed by atoms with Crippen molar-refractivity contribution in [3.63, 3.8) is 0 Å². The lowest BCUT2D eigenvalue weighted by molar-refractivity contribution is 0.152. The van der Waals surface area contributed by atoms with E-state index in [0.29, 0.717) is 38.3 Å². The van der Waals surface area contributed by atoms with Crippen molar-refractivity contribution in [2.75, 3.05) is 30.5 Å². The molecule has 0 saturated carbocycles. The Morgan fingerprint density at radius 2 is 1.96 bits per heavy atom. The molecule has 2 saturated heterocycles. The molecule has 144 valence electrons. The van der Waals surface area contributed by atoms with Gasteiger partial charge in [0.1, 0.15) is 0 Å². The first kappa shape index (κ1) is 18.1. The highest BCUT2D eigenvalue weighted by atomic mass is 32.3. The molecule has 1 aromatic heterocycles. The molecule has 3 N–H and O–H groups in total. The maximum Gasteiger partial charge on any atom is 0.407 e. The summed E-state index contributed by atoms with van der Waals surface area (Å²) in [5.41, 5.74) is 2.44. The molecule has 2 aliphatic rings. The van der Waals surface area contributed by atoms with Crippen LogP contribution in [0.5, 0.6) is 0 Å². The van der Waals surface area contributed by atoms with Gasteiger partial charge in [0.05, 0.1) is 24.0 Å². The fourth-order valence-electron chi connectivity index (χ4n) is 3.72. The monoisotopic (exact) mass is 390 g/mol. The molecule has 1 aromatic carbocycles. The van der Waals surface area contributed by atoms with Gasteiger partial charge in [0.2, 0.25) is 0 Å². The van der Waals surface area contributed by atoms with Crippen molar-refractivity contribution < 1.29 is 19.0 Å². The third kappa shape index (κ3) is 3.34. The minimum atomic E-state index is -3.19. The van der Waals surface area contributed by atoms with E-state index in [1.807, 2.05) is 42.5 Å². The minimum absolute atomic E-state index is 0.185. The fraction of sp³-hybridized carbons (Fsp3) is 0.333. The molecule has 2 fully saturated rings. The van der Waals surface area contributed by atoms with Crippen LogP contribution < -0.4 is 4.31 Å². The Kier molecular flexibility index (Phi) is 4.68. The van der Waals surface area contributed by atoms with Gasteiger partial charge in [-0.15, -0.1) is 0 Å². The molecular formula is C18H22N4O4S. The van der Waals surface area contributed by atoms with Crippen LogP contribution in [0.4, 0.5) is 10.5 Å². The van der Waals surface area contributed by atoms with Crippen LogP contribution in [0.3, 0.4) is 0 Å². The molecule has 0 unspecified atom stereocenters. The summed E-state index contributed by atoms with van der Waals surface area (Å²) < 4.78 is 25.1. The standard InChI is InChI=1S/C18H22N4O4S/c23-18(24)20-9-7-16(13-20)22-11-10-21(27(22,25)26)15-5-3-4-14(12-15)17-6-1-2-8-19-17/h1-6,8,12,16,25-26H,7,9-11,13H2,(H,23,24)/t16-/m0/s1. The Hall–Kier alpha value is -2.33. The third-order valence-corrected chi connectivity index (χ3v) is 7.16. The lowest BCUT2D eigenvalue weighted by Gasteiger charge is -2.45. The summed E-state index contributed by atoms with van der Waals surface area (Å²) in [6.07, 6.45) is 1.36. The van der Waals surface area contributed by atoms with Crippen molar-refractivity contribution in [1.29, 1.82) is 0 Å². The van der Waals surface area contributed by atoms with Crippen LogP contribution in [0.2, 0.25) is 0 Å². The van der Waals surface area contributed by atoms with Gasteiger partial charge in [0.15, 0.2) is 0 Å². The molecule has 2 aromatic rings. The second kappa shape index (κ2) is 7.01. The SMILES string of the molecule is O=C(O)N1CC[C@H](N2CCN(c3cccc(-c4ccccn4)c3)S2(O)O)C1. The quantitative estimate of drug-likeness (QED) is 0.740. The van der Waals surface area contributed by atoms with Crippen molar-refractivity contribution in [2.45, 2.75) is 12.5 Å². The largest absolute Gasteiger partial charge is 0.465 e. The predicted molar refractivity (Wildman–Crippen MR) is 105 cm³/mol. The average molecular weight is 390 g/mol. The van der Waals surface area contributed by atoms with Gasteiger partial charge in [0.25, 0.3) is 0 Å². The predicted octanol–water partition coefficient (Wildman–Crippen LogP) is 3.20. The molecular weight excluding hydrogens is 368 g/mol. The van der Waals surface area contributed by atoms with E-state index in [4.69, 9.17) is 5.11 Å². The highest BCUT2D eigenvalue weighted by molar-refractivity contribution is 8.23. The Bertz CT molecular complexity index is 835. The summed E-state index contributed by atoms with van der Waals surface area (Å²) in [5, 5.41) is 9.15. The Labute approximate surface area is 159 Å². The molecule has 4 rings (SSSR count). The van der Waals surface area contributed by atoms with E-state index in [1.165, 1.54) is 4.90 Å². The number of anilines is 1. The van der Waals surface area contributed by atoms with Crippen molar-refractivity contribution in [2.24, 2.45) is 0 Å². The van der Waals surface area contributed by atoms with Gasteiger partial charge >= 0.3 is 6.09 Å². The number of rotatable bonds is 3. The van der Waals surface area contributed by atoms with Crippen LogP contribution in [-0.4, -0.2) is 66.7 Å². The van der Waals surface area contributed by atoms with E-state index in [0.717, 1.165) is 11.3 Å². The molecule has 0 radical (unpaired) electrons. The third-order valence-electron chi connectivity index (χ3n) is 5.07. The van der Waals surface area contributed by atoms with Gasteiger partial charge in [-0.1, -0.05) is 29.2 Å². The average Bonchev–Trinajstić information content (AvgIpc) is 3.26. The normalized spacial score (nSPS) is 23.6. The number of carbonyl (C=O) groups is 1. The first-order chi connectivity index (χ1) is 13.0. The Morgan fingerprint density at radius 3 is 2.67 bits per heavy atom. The number of aromatic nitrogens is 1. The molecule has 9 heteroatoms. The summed E-state index contributed by atoms with van der Waals surface area (Å²) >= 11 is 0. The topological polar surface area (TPSA) is 100 Å². The van der Waals surface area contributed by atoms with Crippen LogP contribution in [-0.2, 0) is 0 Å². The maximum atomic E-state index is 11.2. The summed E-state index contributed by atoms with van der Waals surface area (Å²) in [7, 11) is -3.19. The van der Waals surface area contributed by atoms with Crippen molar-refractivity contribution in [1.82, 2.24) is 14.2 Å². The Morgan fingerprint density at radius 1 is 1.11 bits per heavy atom. The summed E-state index contributed by atoms with van der Waals surface area (Å²) in [6.45, 7) is 1.67. The van der Waals surface area contributed by atoms with E-state index < -0.39 is 17.1 Å². The molecule has 0 aliphatic carbocycles. The summed E-state index contributed by atoms with van der Waals surface area (Å²) in [5.74, 6) is 0. The van der Waals surface area contributed by atoms with Crippen LogP contribution in [0, 0.1) is 0 Å². The first-order valence-electron chi connectivity index (χ1n) is 8.79. The van der Waals surface area contributed by atoms with Gasteiger partial charge in [-0.05, 0) is 30.7 Å². The van der Waals surface area contributed by atoms with Crippen LogP contribution >= 0.6 is 11.0 Å². The number of carboxylic acid groups (broad SMARTS) is 1. The zero-order chi connectivity index (χ0) is 19.0. The maximum absolute atomic E-state index is 11.2. The number of nitrogens with zero attached hydrogens (tertiary/aromatic N) is 4. The lowest BCUT2D eigenvalue weighted by atomic mass is 10.1. The van der Waals surface area contributed by atoms with Gasteiger partial charge in [-0.25, -0.2) is 4.79 Å². The van der Waals surface area contributed by atoms with Crippen molar-refractivity contribution in [3.05, 3.63) is 48.7 Å². The molecule has 1 amide bonds. The lowest BCUT2D eigenvalue weighted by Crippen LogP contribution is -2.39. The van der Waals surface area contributed by atoms with Gasteiger partial charge in [-0.2, -0.15) is 4.31 Å². The fourth-order valence-corrected chi connectivity index (χ4v) is 5.59. The number of hydrogen-bond donors (Lipinski definition) is 3. The molecule has 8 nitrogen and oxygen atoms in total. The number of likely N-dealkylation sites (tertiary alicyclic amines) is 1. The summed E-state index contributed by atoms with van der Waals surface area (Å²) in [6, 6.07) is 13.0. The van der Waals surface area contributed by atoms with Crippen molar-refractivity contribution >= 4 is 22.7 Å². The molecule has 1 atom stereocenters. The number of amides is 1. The zero-order valence-corrected chi connectivity index (χ0v) is 15.5. The van der Waals surface area contributed by atoms with Gasteiger partial charge < -0.3 is 10.0 Å². The van der Waals surface area contributed by atoms with Gasteiger partial charge in [-0.3, -0.25) is 18.4 Å². The van der Waals surface area contributed by atoms with E-state index in [2.05, 4.69) is 4.98 Å². The van der Waals surface area contributed by atoms with E-state index in [1.54, 1.807) is 14.8 Å². The smallest absolute Gasteiger partial charge is 0.407 e. The van der Waals surface area contributed by atoms with Crippen LogP contribution in [0.15, 0.2) is 48.7 Å². The number of benzene rings is 1. The molecule has 2 aliphatic heterocycles. The molecule has 0 bridgehead atoms. The molecule has 0 spiro atoms. The van der Waals surface area contributed by atoms with E-state index in [-0.39, 0.29) is 6.04 Å². The second-order valence-electron chi connectivity index (χ2n) is 6.67. The highest BCUT2D eigenvalue weighted by Crippen LogP contribution is 2.55. The Balaban J connectivity index is 1.56. The van der Waals surface area contributed by atoms with Crippen molar-refractivity contribution in [3.8, 4) is 11.3 Å². The van der Waals surface area contributed by atoms with Gasteiger partial charge in [0, 0.05) is 31.4 Å². The van der Waals surface area contributed by atoms with E-state index in [9.17, 15) is 13.9 Å². The second-order valence-corrected chi connectivity index (χ2v) is 8.56. The number of pyridine rings is 1.